The molecule has 52 heavy (non-hydrogen) atoms. The number of benzene rings is 9. The monoisotopic (exact) mass is 663 g/mol. The minimum absolute atomic E-state index is 0.901. The van der Waals surface area contributed by atoms with Crippen LogP contribution in [0.2, 0.25) is 0 Å². The first-order valence-corrected chi connectivity index (χ1v) is 17.8. The molecular weight excluding hydrogens is 631 g/mol. The SMILES string of the molecule is c1ccc(-c2ccccc2N(c2ccc(-c3ccc4ccccc4c3)cc2)c2ccc(-c3cccc4oc5c6ccccc6ccc5c34)cc2)cc1. The first kappa shape index (κ1) is 30.0. The van der Waals surface area contributed by atoms with E-state index >= 15 is 0 Å². The second kappa shape index (κ2) is 12.5. The van der Waals surface area contributed by atoms with Crippen molar-refractivity contribution in [1.29, 1.82) is 0 Å². The Labute approximate surface area is 302 Å². The molecule has 1 heterocycles. The van der Waals surface area contributed by atoms with Gasteiger partial charge in [0.25, 0.3) is 0 Å². The van der Waals surface area contributed by atoms with E-state index in [-0.39, 0.29) is 0 Å². The topological polar surface area (TPSA) is 16.4 Å². The van der Waals surface area contributed by atoms with Crippen LogP contribution in [0, 0.1) is 0 Å². The van der Waals surface area contributed by atoms with E-state index in [4.69, 9.17) is 4.42 Å². The first-order valence-electron chi connectivity index (χ1n) is 17.8. The van der Waals surface area contributed by atoms with E-state index in [9.17, 15) is 0 Å². The lowest BCUT2D eigenvalue weighted by molar-refractivity contribution is 0.673. The molecule has 244 valence electrons. The van der Waals surface area contributed by atoms with Crippen LogP contribution in [0.15, 0.2) is 205 Å². The van der Waals surface area contributed by atoms with Gasteiger partial charge in [0.1, 0.15) is 11.2 Å². The van der Waals surface area contributed by atoms with Crippen molar-refractivity contribution in [2.75, 3.05) is 4.90 Å². The maximum Gasteiger partial charge on any atom is 0.143 e. The highest BCUT2D eigenvalue weighted by atomic mass is 16.3. The number of para-hydroxylation sites is 1. The highest BCUT2D eigenvalue weighted by Gasteiger charge is 2.19. The van der Waals surface area contributed by atoms with Gasteiger partial charge in [0.05, 0.1) is 5.69 Å². The van der Waals surface area contributed by atoms with Crippen LogP contribution >= 0.6 is 0 Å². The molecular formula is C50H33NO. The average molecular weight is 664 g/mol. The summed E-state index contributed by atoms with van der Waals surface area (Å²) in [6.45, 7) is 0. The van der Waals surface area contributed by atoms with Gasteiger partial charge in [-0.25, -0.2) is 0 Å². The van der Waals surface area contributed by atoms with Crippen LogP contribution in [0.3, 0.4) is 0 Å². The molecule has 0 spiro atoms. The number of hydrogen-bond acceptors (Lipinski definition) is 2. The fraction of sp³-hybridized carbons (Fsp3) is 0. The van der Waals surface area contributed by atoms with E-state index in [0.717, 1.165) is 55.5 Å². The number of furan rings is 1. The van der Waals surface area contributed by atoms with Gasteiger partial charge < -0.3 is 9.32 Å². The number of nitrogens with zero attached hydrogens (tertiary/aromatic N) is 1. The number of rotatable bonds is 6. The lowest BCUT2D eigenvalue weighted by Crippen LogP contribution is -2.11. The highest BCUT2D eigenvalue weighted by Crippen LogP contribution is 2.43. The number of hydrogen-bond donors (Lipinski definition) is 0. The van der Waals surface area contributed by atoms with E-state index in [2.05, 4.69) is 205 Å². The second-order valence-electron chi connectivity index (χ2n) is 13.3. The predicted molar refractivity (Wildman–Crippen MR) is 220 cm³/mol. The highest BCUT2D eigenvalue weighted by molar-refractivity contribution is 6.19. The van der Waals surface area contributed by atoms with Crippen LogP contribution < -0.4 is 4.90 Å². The molecule has 10 rings (SSSR count). The van der Waals surface area contributed by atoms with Crippen LogP contribution in [0.1, 0.15) is 0 Å². The summed E-state index contributed by atoms with van der Waals surface area (Å²) in [5, 5.41) is 7.10. The number of anilines is 3. The number of fused-ring (bicyclic) bond motifs is 6. The smallest absolute Gasteiger partial charge is 0.143 e. The van der Waals surface area contributed by atoms with Crippen LogP contribution in [0.4, 0.5) is 17.1 Å². The van der Waals surface area contributed by atoms with Crippen molar-refractivity contribution in [2.24, 2.45) is 0 Å². The summed E-state index contributed by atoms with van der Waals surface area (Å²) >= 11 is 0. The minimum Gasteiger partial charge on any atom is -0.455 e. The van der Waals surface area contributed by atoms with Crippen molar-refractivity contribution < 1.29 is 4.42 Å². The Bertz CT molecular complexity index is 2890. The molecule has 0 saturated carbocycles. The predicted octanol–water partition coefficient (Wildman–Crippen LogP) is 14.4. The molecule has 1 aromatic heterocycles. The summed E-state index contributed by atoms with van der Waals surface area (Å²) in [7, 11) is 0. The van der Waals surface area contributed by atoms with Gasteiger partial charge in [-0.3, -0.25) is 0 Å². The van der Waals surface area contributed by atoms with Crippen molar-refractivity contribution in [3.05, 3.63) is 200 Å². The Morgan fingerprint density at radius 2 is 0.942 bits per heavy atom. The van der Waals surface area contributed by atoms with Gasteiger partial charge in [0.15, 0.2) is 0 Å². The fourth-order valence-corrected chi connectivity index (χ4v) is 7.71. The molecule has 0 radical (unpaired) electrons. The molecule has 0 N–H and O–H groups in total. The Hall–Kier alpha value is -6.90. The molecule has 0 fully saturated rings. The van der Waals surface area contributed by atoms with Crippen molar-refractivity contribution in [1.82, 2.24) is 0 Å². The molecule has 0 amide bonds. The van der Waals surface area contributed by atoms with Crippen LogP contribution in [-0.2, 0) is 0 Å². The standard InChI is InChI=1S/C50H33NO/c1-2-12-36(13-3-1)43-16-8-9-19-47(43)51(41-28-23-35(24-29-41)40-22-21-34-11-4-5-15-39(34)33-40)42-30-25-38(26-31-42)44-18-10-20-48-49(44)46-32-27-37-14-6-7-17-45(37)50(46)52-48/h1-33H. The molecule has 0 aliphatic heterocycles. The zero-order valence-electron chi connectivity index (χ0n) is 28.4. The van der Waals surface area contributed by atoms with Crippen molar-refractivity contribution >= 4 is 60.5 Å². The van der Waals surface area contributed by atoms with E-state index < -0.39 is 0 Å². The Morgan fingerprint density at radius 3 is 1.75 bits per heavy atom. The Balaban J connectivity index is 1.09. The van der Waals surface area contributed by atoms with E-state index in [1.807, 2.05) is 0 Å². The lowest BCUT2D eigenvalue weighted by atomic mass is 9.97. The van der Waals surface area contributed by atoms with Crippen molar-refractivity contribution in [3.63, 3.8) is 0 Å². The van der Waals surface area contributed by atoms with E-state index in [0.29, 0.717) is 0 Å². The maximum atomic E-state index is 6.52. The zero-order valence-corrected chi connectivity index (χ0v) is 28.4. The van der Waals surface area contributed by atoms with Crippen LogP contribution in [0.5, 0.6) is 0 Å². The summed E-state index contributed by atoms with van der Waals surface area (Å²) < 4.78 is 6.52. The lowest BCUT2D eigenvalue weighted by Gasteiger charge is -2.28. The van der Waals surface area contributed by atoms with Gasteiger partial charge in [0.2, 0.25) is 0 Å². The molecule has 0 aliphatic carbocycles. The molecule has 0 aliphatic rings. The summed E-state index contributed by atoms with van der Waals surface area (Å²) in [4.78, 5) is 2.37. The summed E-state index contributed by atoms with van der Waals surface area (Å²) in [6, 6.07) is 71.7. The quantitative estimate of drug-likeness (QED) is 0.176. The van der Waals surface area contributed by atoms with Gasteiger partial charge in [-0.05, 0) is 92.5 Å². The average Bonchev–Trinajstić information content (AvgIpc) is 3.62. The summed E-state index contributed by atoms with van der Waals surface area (Å²) in [5.41, 5.74) is 12.2. The summed E-state index contributed by atoms with van der Waals surface area (Å²) in [5.74, 6) is 0. The van der Waals surface area contributed by atoms with Gasteiger partial charge in [0, 0.05) is 33.1 Å². The van der Waals surface area contributed by atoms with Gasteiger partial charge >= 0.3 is 0 Å². The summed E-state index contributed by atoms with van der Waals surface area (Å²) in [6.07, 6.45) is 0. The molecule has 0 bridgehead atoms. The Morgan fingerprint density at radius 1 is 0.346 bits per heavy atom. The molecule has 9 aromatic carbocycles. The fourth-order valence-electron chi connectivity index (χ4n) is 7.71. The molecule has 0 unspecified atom stereocenters. The van der Waals surface area contributed by atoms with E-state index in [1.165, 1.54) is 38.4 Å². The minimum atomic E-state index is 0.901. The van der Waals surface area contributed by atoms with Gasteiger partial charge in [-0.2, -0.15) is 0 Å². The Kier molecular flexibility index (Phi) is 7.18. The largest absolute Gasteiger partial charge is 0.455 e. The molecule has 2 heteroatoms. The van der Waals surface area contributed by atoms with E-state index in [1.54, 1.807) is 0 Å². The third-order valence-electron chi connectivity index (χ3n) is 10.3. The molecule has 10 aromatic rings. The third kappa shape index (κ3) is 5.12. The van der Waals surface area contributed by atoms with Crippen LogP contribution in [0.25, 0.3) is 76.9 Å². The zero-order chi connectivity index (χ0) is 34.4. The van der Waals surface area contributed by atoms with Gasteiger partial charge in [-0.15, -0.1) is 0 Å². The normalized spacial score (nSPS) is 11.5. The molecule has 0 atom stereocenters. The van der Waals surface area contributed by atoms with Crippen molar-refractivity contribution in [3.8, 4) is 33.4 Å². The third-order valence-corrected chi connectivity index (χ3v) is 10.3. The van der Waals surface area contributed by atoms with Crippen molar-refractivity contribution in [2.45, 2.75) is 0 Å². The maximum absolute atomic E-state index is 6.52. The second-order valence-corrected chi connectivity index (χ2v) is 13.3. The molecule has 0 saturated heterocycles. The van der Waals surface area contributed by atoms with Gasteiger partial charge in [-0.1, -0.05) is 152 Å². The van der Waals surface area contributed by atoms with Crippen LogP contribution in [-0.4, -0.2) is 0 Å². The first-order chi connectivity index (χ1) is 25.8. The molecule has 2 nitrogen and oxygen atoms in total.